The van der Waals surface area contributed by atoms with E-state index in [0.29, 0.717) is 6.42 Å². The summed E-state index contributed by atoms with van der Waals surface area (Å²) in [5, 5.41) is 0. The van der Waals surface area contributed by atoms with Gasteiger partial charge in [0, 0.05) is 16.0 Å². The van der Waals surface area contributed by atoms with Crippen LogP contribution >= 0.6 is 15.9 Å². The maximum atomic E-state index is 13.3. The number of hydrogen-bond acceptors (Lipinski definition) is 1. The molecule has 0 aromatic heterocycles. The molecule has 0 bridgehead atoms. The van der Waals surface area contributed by atoms with Crippen molar-refractivity contribution in [3.05, 3.63) is 69.4 Å². The molecular formula is C17H14BrFO. The summed E-state index contributed by atoms with van der Waals surface area (Å²) in [5.74, 6) is -0.127. The second-order valence-corrected chi connectivity index (χ2v) is 6.05. The van der Waals surface area contributed by atoms with Crippen LogP contribution in [0, 0.1) is 11.7 Å². The van der Waals surface area contributed by atoms with Crippen LogP contribution in [0.1, 0.15) is 27.9 Å². The quantitative estimate of drug-likeness (QED) is 0.786. The second-order valence-electron chi connectivity index (χ2n) is 5.20. The fourth-order valence-corrected chi connectivity index (χ4v) is 3.23. The standard InChI is InChI=1S/C17H14BrFO/c18-16-8-7-14(19)10-13(16)9-12-6-5-11-3-1-2-4-15(11)17(12)20/h1-4,7-8,10,12H,5-6,9H2. The first-order chi connectivity index (χ1) is 9.65. The van der Waals surface area contributed by atoms with Crippen molar-refractivity contribution in [1.82, 2.24) is 0 Å². The minimum Gasteiger partial charge on any atom is -0.294 e. The molecule has 1 atom stereocenters. The summed E-state index contributed by atoms with van der Waals surface area (Å²) in [5.41, 5.74) is 2.83. The Morgan fingerprint density at radius 2 is 2.00 bits per heavy atom. The maximum Gasteiger partial charge on any atom is 0.166 e. The molecule has 0 amide bonds. The number of halogens is 2. The van der Waals surface area contributed by atoms with Gasteiger partial charge in [-0.2, -0.15) is 0 Å². The first-order valence-corrected chi connectivity index (χ1v) is 7.50. The normalized spacial score (nSPS) is 17.9. The molecule has 1 unspecified atom stereocenters. The van der Waals surface area contributed by atoms with E-state index in [1.165, 1.54) is 12.1 Å². The lowest BCUT2D eigenvalue weighted by atomic mass is 9.80. The minimum atomic E-state index is -0.258. The predicted octanol–water partition coefficient (Wildman–Crippen LogP) is 4.58. The monoisotopic (exact) mass is 332 g/mol. The van der Waals surface area contributed by atoms with E-state index in [9.17, 15) is 9.18 Å². The Bertz CT molecular complexity index is 666. The highest BCUT2D eigenvalue weighted by molar-refractivity contribution is 9.10. The summed E-state index contributed by atoms with van der Waals surface area (Å²) in [6, 6.07) is 12.4. The molecule has 0 radical (unpaired) electrons. The lowest BCUT2D eigenvalue weighted by molar-refractivity contribution is 0.0901. The molecule has 0 aliphatic heterocycles. The number of fused-ring (bicyclic) bond motifs is 1. The first-order valence-electron chi connectivity index (χ1n) is 6.71. The molecule has 1 nitrogen and oxygen atoms in total. The van der Waals surface area contributed by atoms with Crippen LogP contribution < -0.4 is 0 Å². The molecule has 0 saturated carbocycles. The molecule has 0 fully saturated rings. The van der Waals surface area contributed by atoms with Crippen molar-refractivity contribution in [3.63, 3.8) is 0 Å². The van der Waals surface area contributed by atoms with Gasteiger partial charge in [-0.15, -0.1) is 0 Å². The maximum absolute atomic E-state index is 13.3. The molecule has 1 aliphatic carbocycles. The Morgan fingerprint density at radius 1 is 1.20 bits per heavy atom. The van der Waals surface area contributed by atoms with Crippen molar-refractivity contribution in [3.8, 4) is 0 Å². The highest BCUT2D eigenvalue weighted by Gasteiger charge is 2.27. The average molecular weight is 333 g/mol. The number of benzene rings is 2. The fourth-order valence-electron chi connectivity index (χ4n) is 2.82. The zero-order valence-electron chi connectivity index (χ0n) is 10.9. The summed E-state index contributed by atoms with van der Waals surface area (Å²) in [7, 11) is 0. The van der Waals surface area contributed by atoms with Gasteiger partial charge in [-0.25, -0.2) is 4.39 Å². The van der Waals surface area contributed by atoms with Gasteiger partial charge in [-0.3, -0.25) is 4.79 Å². The number of hydrogen-bond donors (Lipinski definition) is 0. The van der Waals surface area contributed by atoms with Crippen LogP contribution in [-0.4, -0.2) is 5.78 Å². The van der Waals surface area contributed by atoms with Crippen LogP contribution in [0.15, 0.2) is 46.9 Å². The Morgan fingerprint density at radius 3 is 2.85 bits per heavy atom. The highest BCUT2D eigenvalue weighted by Crippen LogP contribution is 2.30. The van der Waals surface area contributed by atoms with Gasteiger partial charge in [-0.05, 0) is 48.6 Å². The lowest BCUT2D eigenvalue weighted by Gasteiger charge is -2.23. The molecule has 1 aliphatic rings. The van der Waals surface area contributed by atoms with Gasteiger partial charge in [0.1, 0.15) is 5.82 Å². The van der Waals surface area contributed by atoms with E-state index in [2.05, 4.69) is 15.9 Å². The second kappa shape index (κ2) is 5.49. The van der Waals surface area contributed by atoms with E-state index in [1.807, 2.05) is 24.3 Å². The average Bonchev–Trinajstić information content (AvgIpc) is 2.46. The van der Waals surface area contributed by atoms with E-state index in [-0.39, 0.29) is 17.5 Å². The molecule has 0 saturated heterocycles. The SMILES string of the molecule is O=C1c2ccccc2CCC1Cc1cc(F)ccc1Br. The topological polar surface area (TPSA) is 17.1 Å². The summed E-state index contributed by atoms with van der Waals surface area (Å²) in [4.78, 5) is 12.5. The first kappa shape index (κ1) is 13.5. The summed E-state index contributed by atoms with van der Waals surface area (Å²) >= 11 is 3.43. The van der Waals surface area contributed by atoms with E-state index < -0.39 is 0 Å². The van der Waals surface area contributed by atoms with Gasteiger partial charge in [0.15, 0.2) is 5.78 Å². The predicted molar refractivity (Wildman–Crippen MR) is 80.4 cm³/mol. The zero-order chi connectivity index (χ0) is 14.1. The molecule has 0 N–H and O–H groups in total. The molecule has 20 heavy (non-hydrogen) atoms. The van der Waals surface area contributed by atoms with Crippen LogP contribution in [0.2, 0.25) is 0 Å². The van der Waals surface area contributed by atoms with E-state index in [0.717, 1.165) is 34.0 Å². The third kappa shape index (κ3) is 2.55. The number of rotatable bonds is 2. The zero-order valence-corrected chi connectivity index (χ0v) is 12.5. The Labute approximate surface area is 126 Å². The lowest BCUT2D eigenvalue weighted by Crippen LogP contribution is -2.24. The third-order valence-corrected chi connectivity index (χ3v) is 4.66. The largest absolute Gasteiger partial charge is 0.294 e. The van der Waals surface area contributed by atoms with Gasteiger partial charge >= 0.3 is 0 Å². The van der Waals surface area contributed by atoms with E-state index >= 15 is 0 Å². The van der Waals surface area contributed by atoms with E-state index in [4.69, 9.17) is 0 Å². The fraction of sp³-hybridized carbons (Fsp3) is 0.235. The number of carbonyl (C=O) groups excluding carboxylic acids is 1. The minimum absolute atomic E-state index is 0.0528. The number of aryl methyl sites for hydroxylation is 1. The summed E-state index contributed by atoms with van der Waals surface area (Å²) in [6.07, 6.45) is 2.34. The van der Waals surface area contributed by atoms with Gasteiger partial charge in [-0.1, -0.05) is 40.2 Å². The van der Waals surface area contributed by atoms with Gasteiger partial charge < -0.3 is 0 Å². The van der Waals surface area contributed by atoms with Crippen molar-refractivity contribution in [2.24, 2.45) is 5.92 Å². The van der Waals surface area contributed by atoms with E-state index in [1.54, 1.807) is 6.07 Å². The Balaban J connectivity index is 1.86. The van der Waals surface area contributed by atoms with Crippen LogP contribution in [0.25, 0.3) is 0 Å². The van der Waals surface area contributed by atoms with Crippen LogP contribution in [0.3, 0.4) is 0 Å². The molecule has 2 aromatic rings. The Kier molecular flexibility index (Phi) is 3.70. The molecule has 3 heteroatoms. The third-order valence-electron chi connectivity index (χ3n) is 3.89. The number of ketones is 1. The van der Waals surface area contributed by atoms with Crippen LogP contribution in [-0.2, 0) is 12.8 Å². The van der Waals surface area contributed by atoms with Gasteiger partial charge in [0.25, 0.3) is 0 Å². The molecule has 102 valence electrons. The van der Waals surface area contributed by atoms with Crippen LogP contribution in [0.4, 0.5) is 4.39 Å². The van der Waals surface area contributed by atoms with Gasteiger partial charge in [0.2, 0.25) is 0 Å². The van der Waals surface area contributed by atoms with Crippen molar-refractivity contribution in [2.45, 2.75) is 19.3 Å². The summed E-state index contributed by atoms with van der Waals surface area (Å²) in [6.45, 7) is 0. The number of Topliss-reactive ketones (excluding diaryl/α,β-unsaturated/α-hetero) is 1. The molecule has 2 aromatic carbocycles. The van der Waals surface area contributed by atoms with Gasteiger partial charge in [0.05, 0.1) is 0 Å². The van der Waals surface area contributed by atoms with Crippen LogP contribution in [0.5, 0.6) is 0 Å². The Hall–Kier alpha value is -1.48. The molecule has 3 rings (SSSR count). The van der Waals surface area contributed by atoms with Crippen molar-refractivity contribution < 1.29 is 9.18 Å². The molecule has 0 heterocycles. The smallest absolute Gasteiger partial charge is 0.166 e. The number of carbonyl (C=O) groups is 1. The molecule has 0 spiro atoms. The van der Waals surface area contributed by atoms with Crippen molar-refractivity contribution in [2.75, 3.05) is 0 Å². The van der Waals surface area contributed by atoms with Crippen molar-refractivity contribution in [1.29, 1.82) is 0 Å². The molecular weight excluding hydrogens is 319 g/mol. The highest BCUT2D eigenvalue weighted by atomic mass is 79.9. The summed E-state index contributed by atoms with van der Waals surface area (Å²) < 4.78 is 14.2. The van der Waals surface area contributed by atoms with Crippen molar-refractivity contribution >= 4 is 21.7 Å².